The summed E-state index contributed by atoms with van der Waals surface area (Å²) in [5.41, 5.74) is 2.96. The van der Waals surface area contributed by atoms with Gasteiger partial charge in [0.1, 0.15) is 0 Å². The summed E-state index contributed by atoms with van der Waals surface area (Å²) in [5, 5.41) is 1.26. The van der Waals surface area contributed by atoms with Crippen LogP contribution in [0.25, 0.3) is 10.9 Å². The summed E-state index contributed by atoms with van der Waals surface area (Å²) in [4.78, 5) is 0. The largest absolute Gasteiger partial charge is 0.512 e. The lowest BCUT2D eigenvalue weighted by molar-refractivity contribution is 0.00578. The molecule has 106 valence electrons. The summed E-state index contributed by atoms with van der Waals surface area (Å²) >= 11 is 0. The van der Waals surface area contributed by atoms with Crippen molar-refractivity contribution in [2.45, 2.75) is 45.8 Å². The van der Waals surface area contributed by atoms with Crippen LogP contribution in [-0.2, 0) is 16.4 Å². The molecule has 3 nitrogen and oxygen atoms in total. The second-order valence-corrected chi connectivity index (χ2v) is 6.67. The number of hydrogen-bond donors (Lipinski definition) is 0. The molecule has 0 radical (unpaired) electrons. The number of hydrogen-bond acceptors (Lipinski definition) is 2. The molecule has 2 aromatic rings. The maximum absolute atomic E-state index is 6.20. The standard InChI is InChI=1S/C16H22BNO2/c1-11-12-9-7-8-10-13(12)18(6)14(11)17-19-15(2,3)16(4,5)20-17/h7-10H,1-6H3. The molecule has 1 aromatic carbocycles. The lowest BCUT2D eigenvalue weighted by Crippen LogP contribution is -2.41. The van der Waals surface area contributed by atoms with Gasteiger partial charge in [-0.2, -0.15) is 0 Å². The van der Waals surface area contributed by atoms with Crippen LogP contribution in [0.15, 0.2) is 24.3 Å². The molecule has 1 aliphatic heterocycles. The molecule has 0 amide bonds. The number of nitrogens with zero attached hydrogens (tertiary/aromatic N) is 1. The molecule has 0 atom stereocenters. The van der Waals surface area contributed by atoms with Crippen molar-refractivity contribution in [2.75, 3.05) is 0 Å². The number of fused-ring (bicyclic) bond motifs is 1. The molecule has 0 bridgehead atoms. The fourth-order valence-electron chi connectivity index (χ4n) is 2.89. The highest BCUT2D eigenvalue weighted by molar-refractivity contribution is 6.62. The summed E-state index contributed by atoms with van der Waals surface area (Å²) in [7, 11) is 1.77. The van der Waals surface area contributed by atoms with Crippen LogP contribution in [0.3, 0.4) is 0 Å². The Balaban J connectivity index is 2.13. The molecule has 1 fully saturated rings. The first-order valence-corrected chi connectivity index (χ1v) is 7.14. The molecule has 1 aromatic heterocycles. The van der Waals surface area contributed by atoms with Crippen LogP contribution < -0.4 is 5.59 Å². The SMILES string of the molecule is Cc1c(B2OC(C)(C)C(C)(C)O2)n(C)c2ccccc12. The van der Waals surface area contributed by atoms with Gasteiger partial charge in [-0.3, -0.25) is 0 Å². The molecule has 1 aliphatic rings. The molecular weight excluding hydrogens is 249 g/mol. The van der Waals surface area contributed by atoms with E-state index in [4.69, 9.17) is 9.31 Å². The second kappa shape index (κ2) is 4.12. The van der Waals surface area contributed by atoms with Crippen LogP contribution in [-0.4, -0.2) is 22.9 Å². The van der Waals surface area contributed by atoms with E-state index in [0.717, 1.165) is 5.59 Å². The fraction of sp³-hybridized carbons (Fsp3) is 0.500. The van der Waals surface area contributed by atoms with E-state index in [0.29, 0.717) is 0 Å². The number of rotatable bonds is 1. The molecule has 0 unspecified atom stereocenters. The molecule has 0 spiro atoms. The Bertz CT molecular complexity index is 617. The van der Waals surface area contributed by atoms with Crippen LogP contribution in [0.4, 0.5) is 0 Å². The molecule has 1 saturated heterocycles. The average Bonchev–Trinajstić information content (AvgIpc) is 2.72. The Morgan fingerprint density at radius 1 is 1.00 bits per heavy atom. The fourth-order valence-corrected chi connectivity index (χ4v) is 2.89. The van der Waals surface area contributed by atoms with Crippen LogP contribution in [0.2, 0.25) is 0 Å². The van der Waals surface area contributed by atoms with Crippen molar-refractivity contribution in [3.05, 3.63) is 29.8 Å². The van der Waals surface area contributed by atoms with Crippen molar-refractivity contribution in [1.29, 1.82) is 0 Å². The van der Waals surface area contributed by atoms with Gasteiger partial charge in [-0.1, -0.05) is 18.2 Å². The van der Waals surface area contributed by atoms with Crippen molar-refractivity contribution in [1.82, 2.24) is 4.57 Å². The molecule has 4 heteroatoms. The Morgan fingerprint density at radius 2 is 1.55 bits per heavy atom. The smallest absolute Gasteiger partial charge is 0.398 e. The van der Waals surface area contributed by atoms with Gasteiger partial charge in [0.05, 0.1) is 16.8 Å². The highest BCUT2D eigenvalue weighted by Gasteiger charge is 2.53. The van der Waals surface area contributed by atoms with E-state index in [9.17, 15) is 0 Å². The predicted octanol–water partition coefficient (Wildman–Crippen LogP) is 2.79. The lowest BCUT2D eigenvalue weighted by Gasteiger charge is -2.32. The maximum atomic E-state index is 6.20. The first-order chi connectivity index (χ1) is 9.24. The monoisotopic (exact) mass is 271 g/mol. The zero-order chi connectivity index (χ0) is 14.7. The van der Waals surface area contributed by atoms with E-state index < -0.39 is 0 Å². The minimum absolute atomic E-state index is 0.305. The third kappa shape index (κ3) is 1.75. The summed E-state index contributed by atoms with van der Waals surface area (Å²) in [6.07, 6.45) is 0. The van der Waals surface area contributed by atoms with E-state index >= 15 is 0 Å². The molecule has 20 heavy (non-hydrogen) atoms. The first kappa shape index (κ1) is 13.7. The van der Waals surface area contributed by atoms with Gasteiger partial charge in [-0.25, -0.2) is 0 Å². The van der Waals surface area contributed by atoms with Gasteiger partial charge >= 0.3 is 7.12 Å². The van der Waals surface area contributed by atoms with E-state index in [1.807, 2.05) is 0 Å². The van der Waals surface area contributed by atoms with Crippen molar-refractivity contribution >= 4 is 23.6 Å². The van der Waals surface area contributed by atoms with E-state index in [1.165, 1.54) is 16.5 Å². The van der Waals surface area contributed by atoms with Crippen LogP contribution in [0, 0.1) is 6.92 Å². The van der Waals surface area contributed by atoms with E-state index in [-0.39, 0.29) is 18.3 Å². The van der Waals surface area contributed by atoms with Gasteiger partial charge < -0.3 is 13.9 Å². The van der Waals surface area contributed by atoms with E-state index in [1.54, 1.807) is 0 Å². The van der Waals surface area contributed by atoms with Crippen LogP contribution in [0.1, 0.15) is 33.3 Å². The number of aromatic nitrogens is 1. The molecule has 0 saturated carbocycles. The number of para-hydroxylation sites is 1. The van der Waals surface area contributed by atoms with Gasteiger partial charge in [-0.15, -0.1) is 0 Å². The Hall–Kier alpha value is -1.26. The van der Waals surface area contributed by atoms with Gasteiger partial charge in [0.15, 0.2) is 0 Å². The van der Waals surface area contributed by atoms with Crippen molar-refractivity contribution in [3.8, 4) is 0 Å². The van der Waals surface area contributed by atoms with E-state index in [2.05, 4.69) is 70.5 Å². The summed E-state index contributed by atoms with van der Waals surface area (Å²) in [6.45, 7) is 10.5. The maximum Gasteiger partial charge on any atom is 0.512 e. The third-order valence-corrected chi connectivity index (χ3v) is 4.89. The third-order valence-electron chi connectivity index (χ3n) is 4.89. The number of benzene rings is 1. The minimum atomic E-state index is -0.308. The van der Waals surface area contributed by atoms with Gasteiger partial charge in [0, 0.05) is 18.0 Å². The van der Waals surface area contributed by atoms with Crippen molar-refractivity contribution < 1.29 is 9.31 Å². The molecule has 0 N–H and O–H groups in total. The quantitative estimate of drug-likeness (QED) is 0.744. The Labute approximate surface area is 121 Å². The Kier molecular flexibility index (Phi) is 2.83. The highest BCUT2D eigenvalue weighted by Crippen LogP contribution is 2.37. The average molecular weight is 271 g/mol. The predicted molar refractivity (Wildman–Crippen MR) is 83.4 cm³/mol. The van der Waals surface area contributed by atoms with Gasteiger partial charge in [-0.05, 0) is 46.2 Å². The van der Waals surface area contributed by atoms with Crippen LogP contribution >= 0.6 is 0 Å². The van der Waals surface area contributed by atoms with Gasteiger partial charge in [0.2, 0.25) is 0 Å². The highest BCUT2D eigenvalue weighted by atomic mass is 16.7. The molecular formula is C16H22BNO2. The van der Waals surface area contributed by atoms with Gasteiger partial charge in [0.25, 0.3) is 0 Å². The second-order valence-electron chi connectivity index (χ2n) is 6.67. The Morgan fingerprint density at radius 3 is 2.10 bits per heavy atom. The number of aryl methyl sites for hydroxylation is 2. The molecule has 0 aliphatic carbocycles. The first-order valence-electron chi connectivity index (χ1n) is 7.14. The lowest BCUT2D eigenvalue weighted by atomic mass is 9.81. The molecule has 2 heterocycles. The summed E-state index contributed by atoms with van der Waals surface area (Å²) < 4.78 is 14.6. The van der Waals surface area contributed by atoms with Crippen molar-refractivity contribution in [2.24, 2.45) is 7.05 Å². The van der Waals surface area contributed by atoms with Crippen molar-refractivity contribution in [3.63, 3.8) is 0 Å². The zero-order valence-electron chi connectivity index (χ0n) is 13.2. The minimum Gasteiger partial charge on any atom is -0.398 e. The summed E-state index contributed by atoms with van der Waals surface area (Å²) in [5.74, 6) is 0. The zero-order valence-corrected chi connectivity index (χ0v) is 13.2. The van der Waals surface area contributed by atoms with Crippen LogP contribution in [0.5, 0.6) is 0 Å². The normalized spacial score (nSPS) is 20.8. The topological polar surface area (TPSA) is 23.4 Å². The summed E-state index contributed by atoms with van der Waals surface area (Å²) in [6, 6.07) is 8.43. The molecule has 3 rings (SSSR count).